The lowest BCUT2D eigenvalue weighted by molar-refractivity contribution is -0.138. The molecule has 0 spiro atoms. The molecule has 3 aliphatic heterocycles. The molecule has 1 aromatic heterocycles. The summed E-state index contributed by atoms with van der Waals surface area (Å²) in [5.74, 6) is 0.140. The van der Waals surface area contributed by atoms with Gasteiger partial charge in [0.15, 0.2) is 11.6 Å². The summed E-state index contributed by atoms with van der Waals surface area (Å²) in [5.41, 5.74) is 0.261. The number of aryl methyl sites for hydroxylation is 1. The van der Waals surface area contributed by atoms with Crippen LogP contribution in [0.1, 0.15) is 76.2 Å². The van der Waals surface area contributed by atoms with Crippen molar-refractivity contribution in [1.82, 2.24) is 24.9 Å². The number of piperidine rings is 2. The maximum Gasteiger partial charge on any atom is 0.329 e. The summed E-state index contributed by atoms with van der Waals surface area (Å²) >= 11 is 0. The Morgan fingerprint density at radius 3 is 2.33 bits per heavy atom. The number of carbonyl (C=O) groups excluding carboxylic acids is 3. The summed E-state index contributed by atoms with van der Waals surface area (Å²) in [6.07, 6.45) is 7.84. The zero-order chi connectivity index (χ0) is 29.5. The molecule has 1 saturated carbocycles. The predicted molar refractivity (Wildman–Crippen MR) is 155 cm³/mol. The van der Waals surface area contributed by atoms with Crippen molar-refractivity contribution in [3.05, 3.63) is 23.3 Å². The third kappa shape index (κ3) is 5.64. The van der Waals surface area contributed by atoms with Gasteiger partial charge in [0.05, 0.1) is 5.39 Å². The van der Waals surface area contributed by atoms with E-state index in [9.17, 15) is 14.4 Å². The van der Waals surface area contributed by atoms with Crippen LogP contribution in [0.3, 0.4) is 0 Å². The third-order valence-corrected chi connectivity index (χ3v) is 10.2. The Hall–Kier alpha value is -3.08. The smallest absolute Gasteiger partial charge is 0.329 e. The second-order valence-corrected chi connectivity index (χ2v) is 13.0. The van der Waals surface area contributed by atoms with Crippen LogP contribution in [0, 0.1) is 29.4 Å². The van der Waals surface area contributed by atoms with Gasteiger partial charge in [-0.3, -0.25) is 24.5 Å². The van der Waals surface area contributed by atoms with E-state index in [-0.39, 0.29) is 53.0 Å². The molecule has 0 radical (unpaired) electrons. The van der Waals surface area contributed by atoms with Gasteiger partial charge in [-0.25, -0.2) is 13.6 Å². The second-order valence-electron chi connectivity index (χ2n) is 13.0. The molecule has 4 aliphatic rings. The topological polar surface area (TPSA) is 90.8 Å². The minimum Gasteiger partial charge on any atom is -0.342 e. The molecule has 4 heterocycles. The number of rotatable bonds is 5. The summed E-state index contributed by atoms with van der Waals surface area (Å²) in [7, 11) is 1.58. The molecule has 1 aliphatic carbocycles. The van der Waals surface area contributed by atoms with Crippen molar-refractivity contribution in [2.24, 2.45) is 24.8 Å². The van der Waals surface area contributed by atoms with Crippen LogP contribution >= 0.6 is 0 Å². The molecule has 4 fully saturated rings. The highest BCUT2D eigenvalue weighted by Crippen LogP contribution is 2.38. The number of nitrogens with zero attached hydrogens (tertiary/aromatic N) is 5. The molecule has 3 saturated heterocycles. The molecule has 11 heteroatoms. The number of benzene rings is 1. The van der Waals surface area contributed by atoms with Gasteiger partial charge in [-0.1, -0.05) is 6.92 Å². The number of aromatic nitrogens is 2. The average molecular weight is 585 g/mol. The highest BCUT2D eigenvalue weighted by Gasteiger charge is 2.34. The van der Waals surface area contributed by atoms with E-state index in [0.717, 1.165) is 77.2 Å². The molecule has 6 rings (SSSR count). The highest BCUT2D eigenvalue weighted by molar-refractivity contribution is 6.09. The zero-order valence-electron chi connectivity index (χ0n) is 24.7. The summed E-state index contributed by atoms with van der Waals surface area (Å²) in [4.78, 5) is 42.7. The Labute approximate surface area is 245 Å². The Balaban J connectivity index is 1.05. The first-order chi connectivity index (χ1) is 20.2. The standard InChI is InChI=1S/C31H42F2N6O3/c1-19-3-5-22(6-4-19)30(41)38-14-7-20(8-15-38)18-37-12-9-21(10-13-37)26-24(32)17-23-28(27(26)33)36(2)35-29(23)39-16-11-25(40)34-31(39)42/h17,19-22H,3-16,18H2,1-2H3,(H,34,40,42). The number of hydrogen-bond acceptors (Lipinski definition) is 5. The fourth-order valence-corrected chi connectivity index (χ4v) is 7.57. The monoisotopic (exact) mass is 584 g/mol. The summed E-state index contributed by atoms with van der Waals surface area (Å²) < 4.78 is 32.8. The van der Waals surface area contributed by atoms with Crippen LogP contribution in [-0.2, 0) is 16.6 Å². The summed E-state index contributed by atoms with van der Waals surface area (Å²) in [6, 6.07) is 0.648. The van der Waals surface area contributed by atoms with E-state index in [4.69, 9.17) is 0 Å². The van der Waals surface area contributed by atoms with Crippen LogP contribution in [0.25, 0.3) is 10.9 Å². The largest absolute Gasteiger partial charge is 0.342 e. The number of likely N-dealkylation sites (tertiary alicyclic amines) is 2. The van der Waals surface area contributed by atoms with Crippen molar-refractivity contribution in [1.29, 1.82) is 0 Å². The molecule has 2 aromatic rings. The number of imide groups is 1. The second kappa shape index (κ2) is 11.9. The number of carbonyl (C=O) groups is 3. The van der Waals surface area contributed by atoms with Gasteiger partial charge in [-0.05, 0) is 88.3 Å². The molecule has 0 bridgehead atoms. The van der Waals surface area contributed by atoms with Crippen molar-refractivity contribution >= 4 is 34.6 Å². The van der Waals surface area contributed by atoms with Gasteiger partial charge in [0.2, 0.25) is 11.8 Å². The van der Waals surface area contributed by atoms with E-state index < -0.39 is 17.7 Å². The van der Waals surface area contributed by atoms with Gasteiger partial charge in [0.1, 0.15) is 11.3 Å². The van der Waals surface area contributed by atoms with Crippen molar-refractivity contribution in [2.45, 2.75) is 70.6 Å². The minimum absolute atomic E-state index is 0.0962. The fourth-order valence-electron chi connectivity index (χ4n) is 7.57. The predicted octanol–water partition coefficient (Wildman–Crippen LogP) is 4.54. The number of urea groups is 1. The number of amides is 4. The van der Waals surface area contributed by atoms with Crippen LogP contribution in [-0.4, -0.2) is 76.7 Å². The lowest BCUT2D eigenvalue weighted by Gasteiger charge is -2.39. The number of fused-ring (bicyclic) bond motifs is 1. The normalized spacial score (nSPS) is 25.3. The molecule has 4 amide bonds. The van der Waals surface area contributed by atoms with E-state index in [0.29, 0.717) is 24.7 Å². The maximum absolute atomic E-state index is 15.9. The van der Waals surface area contributed by atoms with Crippen LogP contribution in [0.15, 0.2) is 6.07 Å². The van der Waals surface area contributed by atoms with E-state index in [1.54, 1.807) is 7.05 Å². The Kier molecular flexibility index (Phi) is 8.22. The van der Waals surface area contributed by atoms with Crippen molar-refractivity contribution in [3.8, 4) is 0 Å². The molecule has 0 atom stereocenters. The Morgan fingerprint density at radius 2 is 1.67 bits per heavy atom. The molecular weight excluding hydrogens is 542 g/mol. The van der Waals surface area contributed by atoms with Crippen LogP contribution < -0.4 is 10.2 Å². The Bertz CT molecular complexity index is 1350. The first-order valence-electron chi connectivity index (χ1n) is 15.7. The summed E-state index contributed by atoms with van der Waals surface area (Å²) in [5, 5.41) is 6.79. The first-order valence-corrected chi connectivity index (χ1v) is 15.7. The molecule has 0 unspecified atom stereocenters. The van der Waals surface area contributed by atoms with Crippen molar-refractivity contribution < 1.29 is 23.2 Å². The van der Waals surface area contributed by atoms with Crippen molar-refractivity contribution in [3.63, 3.8) is 0 Å². The first kappa shape index (κ1) is 29.0. The lowest BCUT2D eigenvalue weighted by Crippen LogP contribution is -2.49. The Morgan fingerprint density at radius 1 is 0.976 bits per heavy atom. The number of nitrogens with one attached hydrogen (secondary N) is 1. The molecule has 228 valence electrons. The van der Waals surface area contributed by atoms with E-state index >= 15 is 8.78 Å². The molecule has 1 N–H and O–H groups in total. The van der Waals surface area contributed by atoms with Crippen molar-refractivity contribution in [2.75, 3.05) is 44.2 Å². The minimum atomic E-state index is -0.639. The lowest BCUT2D eigenvalue weighted by atomic mass is 9.82. The van der Waals surface area contributed by atoms with Gasteiger partial charge >= 0.3 is 6.03 Å². The number of anilines is 1. The van der Waals surface area contributed by atoms with Gasteiger partial charge in [0.25, 0.3) is 0 Å². The molecule has 9 nitrogen and oxygen atoms in total. The molecule has 42 heavy (non-hydrogen) atoms. The number of hydrogen-bond donors (Lipinski definition) is 1. The van der Waals surface area contributed by atoms with Gasteiger partial charge in [0, 0.05) is 51.1 Å². The zero-order valence-corrected chi connectivity index (χ0v) is 24.7. The third-order valence-electron chi connectivity index (χ3n) is 10.2. The van der Waals surface area contributed by atoms with Gasteiger partial charge < -0.3 is 9.80 Å². The maximum atomic E-state index is 15.9. The molecular formula is C31H42F2N6O3. The van der Waals surface area contributed by atoms with E-state index in [2.05, 4.69) is 27.1 Å². The summed E-state index contributed by atoms with van der Waals surface area (Å²) in [6.45, 7) is 6.58. The van der Waals surface area contributed by atoms with Crippen LogP contribution in [0.4, 0.5) is 19.4 Å². The number of halogens is 2. The van der Waals surface area contributed by atoms with E-state index in [1.807, 2.05) is 0 Å². The quantitative estimate of drug-likeness (QED) is 0.557. The van der Waals surface area contributed by atoms with Crippen LogP contribution in [0.2, 0.25) is 0 Å². The fraction of sp³-hybridized carbons (Fsp3) is 0.677. The SMILES string of the molecule is CC1CCC(C(=O)N2CCC(CN3CCC(c4c(F)cc5c(N6CCC(=O)NC6=O)nn(C)c5c4F)CC3)CC2)CC1. The van der Waals surface area contributed by atoms with E-state index in [1.165, 1.54) is 15.6 Å². The van der Waals surface area contributed by atoms with Gasteiger partial charge in [-0.15, -0.1) is 0 Å². The van der Waals surface area contributed by atoms with Gasteiger partial charge in [-0.2, -0.15) is 5.10 Å². The molecule has 1 aromatic carbocycles. The average Bonchev–Trinajstić information content (AvgIpc) is 3.30. The highest BCUT2D eigenvalue weighted by atomic mass is 19.1. The van der Waals surface area contributed by atoms with Crippen LogP contribution in [0.5, 0.6) is 0 Å².